The first kappa shape index (κ1) is 18.4. The van der Waals surface area contributed by atoms with E-state index in [2.05, 4.69) is 85.5 Å². The summed E-state index contributed by atoms with van der Waals surface area (Å²) >= 11 is 10.1. The lowest BCUT2D eigenvalue weighted by molar-refractivity contribution is 0.104. The standard InChI is InChI=1S/C17H20Br2OS2/c1-16(2,3)9-7-11(18)21-14(9)13(20)15-10(17(4,5)6)8-12(19)22-15/h7-8H,1-6H3. The zero-order valence-corrected chi connectivity index (χ0v) is 18.4. The van der Waals surface area contributed by atoms with Crippen molar-refractivity contribution in [1.29, 1.82) is 0 Å². The van der Waals surface area contributed by atoms with Crippen molar-refractivity contribution in [3.63, 3.8) is 0 Å². The fourth-order valence-electron chi connectivity index (χ4n) is 2.28. The SMILES string of the molecule is CC(C)(C)c1cc(Br)sc1C(=O)c1sc(Br)cc1C(C)(C)C. The van der Waals surface area contributed by atoms with Gasteiger partial charge in [-0.25, -0.2) is 0 Å². The second-order valence-electron chi connectivity index (χ2n) is 7.42. The maximum absolute atomic E-state index is 13.2. The Morgan fingerprint density at radius 2 is 1.14 bits per heavy atom. The topological polar surface area (TPSA) is 17.1 Å². The van der Waals surface area contributed by atoms with Crippen LogP contribution in [0.5, 0.6) is 0 Å². The summed E-state index contributed by atoms with van der Waals surface area (Å²) in [6.07, 6.45) is 0. The van der Waals surface area contributed by atoms with Crippen LogP contribution in [0.15, 0.2) is 19.7 Å². The van der Waals surface area contributed by atoms with Crippen molar-refractivity contribution in [3.8, 4) is 0 Å². The second-order valence-corrected chi connectivity index (χ2v) is 12.3. The molecular formula is C17H20Br2OS2. The first-order valence-corrected chi connectivity index (χ1v) is 10.3. The molecular weight excluding hydrogens is 444 g/mol. The Morgan fingerprint density at radius 1 is 0.818 bits per heavy atom. The summed E-state index contributed by atoms with van der Waals surface area (Å²) in [6, 6.07) is 4.16. The third-order valence-electron chi connectivity index (χ3n) is 3.43. The molecule has 2 rings (SSSR count). The number of thiophene rings is 2. The fourth-order valence-corrected chi connectivity index (χ4v) is 5.85. The molecule has 2 aromatic heterocycles. The Labute approximate surface area is 157 Å². The first-order valence-electron chi connectivity index (χ1n) is 7.05. The van der Waals surface area contributed by atoms with E-state index in [0.29, 0.717) is 0 Å². The van der Waals surface area contributed by atoms with Gasteiger partial charge in [0.2, 0.25) is 5.78 Å². The molecule has 0 spiro atoms. The van der Waals surface area contributed by atoms with Crippen LogP contribution in [0.1, 0.15) is 67.2 Å². The van der Waals surface area contributed by atoms with Crippen molar-refractivity contribution in [2.24, 2.45) is 0 Å². The second kappa shape index (κ2) is 6.15. The average molecular weight is 464 g/mol. The van der Waals surface area contributed by atoms with Crippen molar-refractivity contribution in [1.82, 2.24) is 0 Å². The molecule has 0 saturated carbocycles. The molecule has 2 heterocycles. The molecule has 0 aliphatic carbocycles. The number of ketones is 1. The fraction of sp³-hybridized carbons (Fsp3) is 0.471. The van der Waals surface area contributed by atoms with E-state index in [-0.39, 0.29) is 16.6 Å². The van der Waals surface area contributed by atoms with Crippen LogP contribution in [0.3, 0.4) is 0 Å². The summed E-state index contributed by atoms with van der Waals surface area (Å²) < 4.78 is 2.02. The lowest BCUT2D eigenvalue weighted by Crippen LogP contribution is -2.18. The van der Waals surface area contributed by atoms with E-state index in [9.17, 15) is 4.79 Å². The lowest BCUT2D eigenvalue weighted by atomic mass is 9.84. The number of carbonyl (C=O) groups is 1. The smallest absolute Gasteiger partial charge is 0.213 e. The quantitative estimate of drug-likeness (QED) is 0.431. The van der Waals surface area contributed by atoms with Gasteiger partial charge in [-0.3, -0.25) is 4.79 Å². The van der Waals surface area contributed by atoms with Crippen LogP contribution in [0, 0.1) is 0 Å². The van der Waals surface area contributed by atoms with E-state index < -0.39 is 0 Å². The van der Waals surface area contributed by atoms with Gasteiger partial charge in [-0.1, -0.05) is 41.5 Å². The minimum Gasteiger partial charge on any atom is -0.287 e. The Bertz CT molecular complexity index is 652. The molecule has 0 amide bonds. The van der Waals surface area contributed by atoms with Crippen molar-refractivity contribution in [3.05, 3.63) is 40.6 Å². The van der Waals surface area contributed by atoms with Crippen LogP contribution < -0.4 is 0 Å². The molecule has 0 unspecified atom stereocenters. The largest absolute Gasteiger partial charge is 0.287 e. The van der Waals surface area contributed by atoms with Gasteiger partial charge in [-0.05, 0) is 65.9 Å². The number of hydrogen-bond acceptors (Lipinski definition) is 3. The molecule has 0 aromatic carbocycles. The zero-order valence-electron chi connectivity index (χ0n) is 13.6. The molecule has 1 nitrogen and oxygen atoms in total. The van der Waals surface area contributed by atoms with Crippen LogP contribution in [-0.4, -0.2) is 5.78 Å². The maximum atomic E-state index is 13.2. The van der Waals surface area contributed by atoms with E-state index in [0.717, 1.165) is 28.5 Å². The van der Waals surface area contributed by atoms with E-state index in [1.165, 1.54) is 22.7 Å². The maximum Gasteiger partial charge on any atom is 0.213 e. The Hall–Kier alpha value is 0.0300. The molecule has 5 heteroatoms. The lowest BCUT2D eigenvalue weighted by Gasteiger charge is -2.21. The van der Waals surface area contributed by atoms with Gasteiger partial charge in [0, 0.05) is 0 Å². The van der Waals surface area contributed by atoms with Crippen LogP contribution in [0.2, 0.25) is 0 Å². The number of halogens is 2. The number of hydrogen-bond donors (Lipinski definition) is 0. The van der Waals surface area contributed by atoms with Crippen molar-refractivity contribution < 1.29 is 4.79 Å². The summed E-state index contributed by atoms with van der Waals surface area (Å²) in [4.78, 5) is 14.9. The van der Waals surface area contributed by atoms with E-state index in [4.69, 9.17) is 0 Å². The molecule has 0 saturated heterocycles. The first-order chi connectivity index (χ1) is 9.91. The van der Waals surface area contributed by atoms with Crippen LogP contribution in [0.25, 0.3) is 0 Å². The summed E-state index contributed by atoms with van der Waals surface area (Å²) in [6.45, 7) is 12.9. The predicted molar refractivity (Wildman–Crippen MR) is 105 cm³/mol. The highest BCUT2D eigenvalue weighted by molar-refractivity contribution is 9.11. The molecule has 0 aliphatic heterocycles. The Kier molecular flexibility index (Phi) is 5.14. The van der Waals surface area contributed by atoms with Gasteiger partial charge in [0.05, 0.1) is 17.3 Å². The van der Waals surface area contributed by atoms with E-state index in [1.54, 1.807) is 0 Å². The monoisotopic (exact) mass is 462 g/mol. The molecule has 2 aromatic rings. The summed E-state index contributed by atoms with van der Waals surface area (Å²) in [5.74, 6) is 0.140. The third kappa shape index (κ3) is 3.74. The highest BCUT2D eigenvalue weighted by Crippen LogP contribution is 2.41. The van der Waals surface area contributed by atoms with Gasteiger partial charge in [-0.2, -0.15) is 0 Å². The van der Waals surface area contributed by atoms with Gasteiger partial charge < -0.3 is 0 Å². The molecule has 0 fully saturated rings. The third-order valence-corrected chi connectivity index (χ3v) is 6.71. The molecule has 120 valence electrons. The summed E-state index contributed by atoms with van der Waals surface area (Å²) in [5.41, 5.74) is 2.12. The number of carbonyl (C=O) groups excluding carboxylic acids is 1. The Morgan fingerprint density at radius 3 is 1.41 bits per heavy atom. The predicted octanol–water partition coefficient (Wildman–Crippen LogP) is 7.16. The summed E-state index contributed by atoms with van der Waals surface area (Å²) in [5, 5.41) is 0. The normalized spacial score (nSPS) is 12.7. The van der Waals surface area contributed by atoms with Crippen molar-refractivity contribution in [2.75, 3.05) is 0 Å². The van der Waals surface area contributed by atoms with Gasteiger partial charge in [0.1, 0.15) is 0 Å². The minimum atomic E-state index is -0.0517. The molecule has 0 N–H and O–H groups in total. The molecule has 0 bridgehead atoms. The summed E-state index contributed by atoms with van der Waals surface area (Å²) in [7, 11) is 0. The van der Waals surface area contributed by atoms with E-state index >= 15 is 0 Å². The highest BCUT2D eigenvalue weighted by atomic mass is 79.9. The van der Waals surface area contributed by atoms with Crippen molar-refractivity contribution in [2.45, 2.75) is 52.4 Å². The van der Waals surface area contributed by atoms with Gasteiger partial charge in [0.15, 0.2) is 0 Å². The minimum absolute atomic E-state index is 0.0517. The molecule has 0 aliphatic rings. The molecule has 0 atom stereocenters. The zero-order chi connectivity index (χ0) is 16.9. The van der Waals surface area contributed by atoms with Gasteiger partial charge >= 0.3 is 0 Å². The van der Waals surface area contributed by atoms with Crippen LogP contribution >= 0.6 is 54.5 Å². The van der Waals surface area contributed by atoms with Crippen molar-refractivity contribution >= 4 is 60.3 Å². The van der Waals surface area contributed by atoms with Crippen LogP contribution in [0.4, 0.5) is 0 Å². The number of rotatable bonds is 2. The molecule has 0 radical (unpaired) electrons. The van der Waals surface area contributed by atoms with Gasteiger partial charge in [0.25, 0.3) is 0 Å². The average Bonchev–Trinajstić information content (AvgIpc) is 2.90. The Balaban J connectivity index is 2.60. The molecule has 22 heavy (non-hydrogen) atoms. The highest BCUT2D eigenvalue weighted by Gasteiger charge is 2.30. The van der Waals surface area contributed by atoms with Crippen LogP contribution in [-0.2, 0) is 10.8 Å². The van der Waals surface area contributed by atoms with E-state index in [1.807, 2.05) is 0 Å². The van der Waals surface area contributed by atoms with Gasteiger partial charge in [-0.15, -0.1) is 22.7 Å².